The summed E-state index contributed by atoms with van der Waals surface area (Å²) in [6.45, 7) is 3.47. The second kappa shape index (κ2) is 7.53. The van der Waals surface area contributed by atoms with E-state index in [1.807, 2.05) is 0 Å². The normalized spacial score (nSPS) is 15.6. The predicted molar refractivity (Wildman–Crippen MR) is 56.5 cm³/mol. The van der Waals surface area contributed by atoms with Gasteiger partial charge in [0.2, 0.25) is 0 Å². The number of rotatable bonds is 8. The molecule has 0 saturated carbocycles. The maximum absolute atomic E-state index is 12.1. The maximum Gasteiger partial charge on any atom is 0.522 e. The molecule has 17 heavy (non-hydrogen) atoms. The summed E-state index contributed by atoms with van der Waals surface area (Å²) in [6.07, 6.45) is -3.97. The zero-order valence-corrected chi connectivity index (χ0v) is 10.1. The molecule has 0 aliphatic heterocycles. The second-order valence-electron chi connectivity index (χ2n) is 4.00. The highest BCUT2D eigenvalue weighted by Crippen LogP contribution is 2.25. The van der Waals surface area contributed by atoms with E-state index in [1.165, 1.54) is 0 Å². The number of alkyl halides is 3. The van der Waals surface area contributed by atoms with E-state index in [2.05, 4.69) is 4.74 Å². The van der Waals surface area contributed by atoms with E-state index >= 15 is 0 Å². The molecular formula is C11H19F3O3. The maximum atomic E-state index is 12.1. The summed E-state index contributed by atoms with van der Waals surface area (Å²) in [5.41, 5.74) is 0. The van der Waals surface area contributed by atoms with Crippen LogP contribution < -0.4 is 0 Å². The van der Waals surface area contributed by atoms with E-state index in [0.29, 0.717) is 12.8 Å². The van der Waals surface area contributed by atoms with Gasteiger partial charge in [-0.05, 0) is 25.7 Å². The molecule has 0 fully saturated rings. The largest absolute Gasteiger partial charge is 0.522 e. The van der Waals surface area contributed by atoms with Gasteiger partial charge in [0.25, 0.3) is 0 Å². The molecule has 2 unspecified atom stereocenters. The lowest BCUT2D eigenvalue weighted by atomic mass is 9.97. The third kappa shape index (κ3) is 8.01. The van der Waals surface area contributed by atoms with Gasteiger partial charge in [0.15, 0.2) is 0 Å². The van der Waals surface area contributed by atoms with E-state index in [0.717, 1.165) is 0 Å². The Morgan fingerprint density at radius 1 is 1.24 bits per heavy atom. The van der Waals surface area contributed by atoms with Crippen molar-refractivity contribution in [2.45, 2.75) is 58.4 Å². The first-order chi connectivity index (χ1) is 7.80. The SMILES string of the molecule is CCCC(CCC(CC)C(=O)O)OC(F)(F)F. The molecule has 0 aromatic carbocycles. The van der Waals surface area contributed by atoms with Crippen molar-refractivity contribution in [2.75, 3.05) is 0 Å². The van der Waals surface area contributed by atoms with E-state index in [-0.39, 0.29) is 19.3 Å². The molecular weight excluding hydrogens is 237 g/mol. The standard InChI is InChI=1S/C11H19F3O3/c1-3-5-9(17-11(12,13)14)7-6-8(4-2)10(15)16/h8-9H,3-7H2,1-2H3,(H,15,16). The highest BCUT2D eigenvalue weighted by atomic mass is 19.4. The van der Waals surface area contributed by atoms with Crippen molar-refractivity contribution in [1.82, 2.24) is 0 Å². The molecule has 0 bridgehead atoms. The molecule has 0 radical (unpaired) electrons. The van der Waals surface area contributed by atoms with Gasteiger partial charge in [-0.15, -0.1) is 13.2 Å². The fraction of sp³-hybridized carbons (Fsp3) is 0.909. The Hall–Kier alpha value is -0.780. The van der Waals surface area contributed by atoms with Crippen molar-refractivity contribution in [2.24, 2.45) is 5.92 Å². The summed E-state index contributed by atoms with van der Waals surface area (Å²) in [4.78, 5) is 10.7. The molecule has 0 aromatic rings. The van der Waals surface area contributed by atoms with Crippen molar-refractivity contribution in [3.63, 3.8) is 0 Å². The van der Waals surface area contributed by atoms with E-state index in [9.17, 15) is 18.0 Å². The topological polar surface area (TPSA) is 46.5 Å². The molecule has 6 heteroatoms. The van der Waals surface area contributed by atoms with Gasteiger partial charge >= 0.3 is 12.3 Å². The summed E-state index contributed by atoms with van der Waals surface area (Å²) < 4.78 is 40.1. The van der Waals surface area contributed by atoms with Gasteiger partial charge in [-0.3, -0.25) is 9.53 Å². The number of hydrogen-bond acceptors (Lipinski definition) is 2. The lowest BCUT2D eigenvalue weighted by Gasteiger charge is -2.20. The minimum Gasteiger partial charge on any atom is -0.481 e. The molecule has 0 saturated heterocycles. The van der Waals surface area contributed by atoms with Crippen LogP contribution in [-0.4, -0.2) is 23.5 Å². The van der Waals surface area contributed by atoms with Crippen molar-refractivity contribution < 1.29 is 27.8 Å². The van der Waals surface area contributed by atoms with Crippen LogP contribution in [-0.2, 0) is 9.53 Å². The van der Waals surface area contributed by atoms with Gasteiger partial charge in [0.05, 0.1) is 12.0 Å². The first-order valence-corrected chi connectivity index (χ1v) is 5.77. The van der Waals surface area contributed by atoms with Crippen LogP contribution in [0.5, 0.6) is 0 Å². The van der Waals surface area contributed by atoms with Crippen molar-refractivity contribution in [3.05, 3.63) is 0 Å². The van der Waals surface area contributed by atoms with Crippen LogP contribution in [0.25, 0.3) is 0 Å². The fourth-order valence-electron chi connectivity index (χ4n) is 1.66. The Kier molecular flexibility index (Phi) is 7.18. The summed E-state index contributed by atoms with van der Waals surface area (Å²) in [5, 5.41) is 8.79. The minimum absolute atomic E-state index is 0.123. The Balaban J connectivity index is 4.20. The van der Waals surface area contributed by atoms with Gasteiger partial charge < -0.3 is 5.11 Å². The number of ether oxygens (including phenoxy) is 1. The van der Waals surface area contributed by atoms with Crippen LogP contribution in [0.3, 0.4) is 0 Å². The number of aliphatic carboxylic acids is 1. The third-order valence-electron chi connectivity index (χ3n) is 2.59. The van der Waals surface area contributed by atoms with Gasteiger partial charge in [-0.2, -0.15) is 0 Å². The monoisotopic (exact) mass is 256 g/mol. The molecule has 0 heterocycles. The van der Waals surface area contributed by atoms with Crippen LogP contribution in [0.2, 0.25) is 0 Å². The third-order valence-corrected chi connectivity index (χ3v) is 2.59. The molecule has 2 atom stereocenters. The Morgan fingerprint density at radius 3 is 2.18 bits per heavy atom. The van der Waals surface area contributed by atoms with E-state index in [1.54, 1.807) is 13.8 Å². The number of carboxylic acids is 1. The average molecular weight is 256 g/mol. The number of carbonyl (C=O) groups is 1. The van der Waals surface area contributed by atoms with Crippen LogP contribution >= 0.6 is 0 Å². The molecule has 0 aliphatic carbocycles. The number of hydrogen-bond donors (Lipinski definition) is 1. The van der Waals surface area contributed by atoms with Crippen LogP contribution in [0.4, 0.5) is 13.2 Å². The molecule has 0 aliphatic rings. The van der Waals surface area contributed by atoms with Gasteiger partial charge in [-0.1, -0.05) is 20.3 Å². The minimum atomic E-state index is -4.65. The Morgan fingerprint density at radius 2 is 1.82 bits per heavy atom. The molecule has 0 amide bonds. The fourth-order valence-corrected chi connectivity index (χ4v) is 1.66. The highest BCUT2D eigenvalue weighted by Gasteiger charge is 2.33. The predicted octanol–water partition coefficient (Wildman–Crippen LogP) is 3.58. The molecule has 1 N–H and O–H groups in total. The van der Waals surface area contributed by atoms with Crippen molar-refractivity contribution in [3.8, 4) is 0 Å². The average Bonchev–Trinajstić information content (AvgIpc) is 2.15. The van der Waals surface area contributed by atoms with Crippen molar-refractivity contribution >= 4 is 5.97 Å². The molecule has 102 valence electrons. The van der Waals surface area contributed by atoms with Crippen LogP contribution in [0.15, 0.2) is 0 Å². The lowest BCUT2D eigenvalue weighted by Crippen LogP contribution is -2.25. The summed E-state index contributed by atoms with van der Waals surface area (Å²) in [7, 11) is 0. The summed E-state index contributed by atoms with van der Waals surface area (Å²) >= 11 is 0. The zero-order chi connectivity index (χ0) is 13.5. The first-order valence-electron chi connectivity index (χ1n) is 5.77. The van der Waals surface area contributed by atoms with E-state index in [4.69, 9.17) is 5.11 Å². The quantitative estimate of drug-likeness (QED) is 0.722. The second-order valence-corrected chi connectivity index (χ2v) is 4.00. The van der Waals surface area contributed by atoms with Crippen molar-refractivity contribution in [1.29, 1.82) is 0 Å². The zero-order valence-electron chi connectivity index (χ0n) is 10.1. The summed E-state index contributed by atoms with van der Waals surface area (Å²) in [6, 6.07) is 0. The van der Waals surface area contributed by atoms with Gasteiger partial charge in [0, 0.05) is 0 Å². The van der Waals surface area contributed by atoms with Crippen LogP contribution in [0.1, 0.15) is 46.0 Å². The Bertz CT molecular complexity index is 228. The molecule has 0 aromatic heterocycles. The Labute approximate surface area is 99.0 Å². The van der Waals surface area contributed by atoms with Gasteiger partial charge in [-0.25, -0.2) is 0 Å². The smallest absolute Gasteiger partial charge is 0.481 e. The molecule has 3 nitrogen and oxygen atoms in total. The summed E-state index contributed by atoms with van der Waals surface area (Å²) in [5.74, 6) is -1.55. The molecule has 0 rings (SSSR count). The number of carboxylic acid groups (broad SMARTS) is 1. The van der Waals surface area contributed by atoms with Gasteiger partial charge in [0.1, 0.15) is 0 Å². The molecule has 0 spiro atoms. The highest BCUT2D eigenvalue weighted by molar-refractivity contribution is 5.69. The van der Waals surface area contributed by atoms with E-state index < -0.39 is 24.4 Å². The lowest BCUT2D eigenvalue weighted by molar-refractivity contribution is -0.344. The number of halogens is 3. The first kappa shape index (κ1) is 16.2. The van der Waals surface area contributed by atoms with Crippen LogP contribution in [0, 0.1) is 5.92 Å².